The molecule has 2 amide bonds. The van der Waals surface area contributed by atoms with E-state index in [2.05, 4.69) is 20.2 Å². The van der Waals surface area contributed by atoms with Crippen LogP contribution >= 0.6 is 11.6 Å². The van der Waals surface area contributed by atoms with Crippen LogP contribution < -0.4 is 10.6 Å². The number of aromatic nitrogens is 2. The average molecular weight is 597 g/mol. The SMILES string of the molecule is Cn1c(-c2ccccn2)c(C2CCCC2)c2ccc(C(=O)NC3(C(=O)Nc4ccc(/C=C/C(=O)O)cc4Cl)CCC3)cc21. The predicted octanol–water partition coefficient (Wildman–Crippen LogP) is 6.94. The third kappa shape index (κ3) is 5.55. The molecule has 2 fully saturated rings. The second kappa shape index (κ2) is 11.7. The summed E-state index contributed by atoms with van der Waals surface area (Å²) < 4.78 is 2.14. The molecule has 0 bridgehead atoms. The molecule has 0 radical (unpaired) electrons. The molecule has 2 aliphatic carbocycles. The molecular weight excluding hydrogens is 564 g/mol. The molecule has 43 heavy (non-hydrogen) atoms. The number of halogens is 1. The molecule has 6 rings (SSSR count). The van der Waals surface area contributed by atoms with Crippen molar-refractivity contribution in [2.24, 2.45) is 7.05 Å². The fraction of sp³-hybridized carbons (Fsp3) is 0.294. The molecule has 4 aromatic rings. The van der Waals surface area contributed by atoms with E-state index in [9.17, 15) is 14.4 Å². The van der Waals surface area contributed by atoms with Gasteiger partial charge in [0.15, 0.2) is 0 Å². The molecule has 2 saturated carbocycles. The van der Waals surface area contributed by atoms with E-state index in [4.69, 9.17) is 16.7 Å². The zero-order chi connectivity index (χ0) is 30.1. The van der Waals surface area contributed by atoms with E-state index in [1.165, 1.54) is 24.5 Å². The number of aryl methyl sites for hydroxylation is 1. The largest absolute Gasteiger partial charge is 0.478 e. The molecule has 220 valence electrons. The molecule has 0 aliphatic heterocycles. The number of rotatable bonds is 8. The summed E-state index contributed by atoms with van der Waals surface area (Å²) in [6.07, 6.45) is 10.8. The highest BCUT2D eigenvalue weighted by atomic mass is 35.5. The van der Waals surface area contributed by atoms with Crippen LogP contribution in [0.4, 0.5) is 5.69 Å². The minimum absolute atomic E-state index is 0.276. The molecule has 2 aromatic carbocycles. The number of hydrogen-bond donors (Lipinski definition) is 3. The summed E-state index contributed by atoms with van der Waals surface area (Å²) in [5.74, 6) is -1.24. The number of carbonyl (C=O) groups is 3. The molecular formula is C34H33ClN4O4. The normalized spacial score (nSPS) is 16.3. The first kappa shape index (κ1) is 28.7. The molecule has 8 nitrogen and oxygen atoms in total. The summed E-state index contributed by atoms with van der Waals surface area (Å²) in [5, 5.41) is 16.2. The summed E-state index contributed by atoms with van der Waals surface area (Å²) in [7, 11) is 2.03. The Balaban J connectivity index is 1.26. The van der Waals surface area contributed by atoms with Crippen molar-refractivity contribution in [3.8, 4) is 11.4 Å². The predicted molar refractivity (Wildman–Crippen MR) is 168 cm³/mol. The van der Waals surface area contributed by atoms with Crippen molar-refractivity contribution in [3.05, 3.63) is 88.6 Å². The van der Waals surface area contributed by atoms with Gasteiger partial charge in [0, 0.05) is 35.8 Å². The maximum Gasteiger partial charge on any atom is 0.328 e. The van der Waals surface area contributed by atoms with E-state index in [1.54, 1.807) is 18.2 Å². The van der Waals surface area contributed by atoms with Gasteiger partial charge in [-0.2, -0.15) is 0 Å². The Morgan fingerprint density at radius 1 is 1.05 bits per heavy atom. The van der Waals surface area contributed by atoms with Crippen LogP contribution in [0, 0.1) is 0 Å². The van der Waals surface area contributed by atoms with Crippen LogP contribution in [-0.2, 0) is 16.6 Å². The maximum absolute atomic E-state index is 13.6. The molecule has 0 unspecified atom stereocenters. The van der Waals surface area contributed by atoms with Crippen LogP contribution in [0.3, 0.4) is 0 Å². The first-order valence-electron chi connectivity index (χ1n) is 14.6. The summed E-state index contributed by atoms with van der Waals surface area (Å²) in [6, 6.07) is 16.6. The Morgan fingerprint density at radius 3 is 2.49 bits per heavy atom. The summed E-state index contributed by atoms with van der Waals surface area (Å²) >= 11 is 6.39. The molecule has 0 saturated heterocycles. The number of pyridine rings is 1. The monoisotopic (exact) mass is 596 g/mol. The van der Waals surface area contributed by atoms with Crippen molar-refractivity contribution in [3.63, 3.8) is 0 Å². The number of carboxylic acid groups (broad SMARTS) is 1. The van der Waals surface area contributed by atoms with Crippen LogP contribution in [0.5, 0.6) is 0 Å². The van der Waals surface area contributed by atoms with Crippen molar-refractivity contribution < 1.29 is 19.5 Å². The first-order valence-corrected chi connectivity index (χ1v) is 15.0. The van der Waals surface area contributed by atoms with Crippen molar-refractivity contribution in [1.29, 1.82) is 0 Å². The van der Waals surface area contributed by atoms with E-state index in [1.807, 2.05) is 49.6 Å². The first-order chi connectivity index (χ1) is 20.8. The van der Waals surface area contributed by atoms with Crippen LogP contribution in [0.15, 0.2) is 66.9 Å². The highest BCUT2D eigenvalue weighted by Gasteiger charge is 2.45. The van der Waals surface area contributed by atoms with Gasteiger partial charge in [0.2, 0.25) is 5.91 Å². The zero-order valence-electron chi connectivity index (χ0n) is 23.9. The topological polar surface area (TPSA) is 113 Å². The molecule has 0 atom stereocenters. The lowest BCUT2D eigenvalue weighted by Gasteiger charge is -2.40. The number of amides is 2. The minimum atomic E-state index is -1.06. The molecule has 9 heteroatoms. The number of anilines is 1. The van der Waals surface area contributed by atoms with Crippen molar-refractivity contribution in [1.82, 2.24) is 14.9 Å². The highest BCUT2D eigenvalue weighted by Crippen LogP contribution is 2.44. The lowest BCUT2D eigenvalue weighted by Crippen LogP contribution is -2.61. The number of carboxylic acids is 1. The van der Waals surface area contributed by atoms with Gasteiger partial charge in [-0.3, -0.25) is 14.6 Å². The van der Waals surface area contributed by atoms with Crippen LogP contribution in [0.2, 0.25) is 5.02 Å². The van der Waals surface area contributed by atoms with E-state index < -0.39 is 11.5 Å². The second-order valence-corrected chi connectivity index (χ2v) is 11.9. The van der Waals surface area contributed by atoms with Crippen LogP contribution in [0.25, 0.3) is 28.4 Å². The fourth-order valence-electron chi connectivity index (χ4n) is 6.42. The Bertz CT molecular complexity index is 1750. The van der Waals surface area contributed by atoms with Crippen molar-refractivity contribution in [2.75, 3.05) is 5.32 Å². The molecule has 0 spiro atoms. The Kier molecular flexibility index (Phi) is 7.79. The van der Waals surface area contributed by atoms with E-state index >= 15 is 0 Å². The molecule has 2 aromatic heterocycles. The number of hydrogen-bond acceptors (Lipinski definition) is 4. The van der Waals surface area contributed by atoms with Gasteiger partial charge in [-0.15, -0.1) is 0 Å². The maximum atomic E-state index is 13.6. The second-order valence-electron chi connectivity index (χ2n) is 11.5. The number of carbonyl (C=O) groups excluding carboxylic acids is 2. The highest BCUT2D eigenvalue weighted by molar-refractivity contribution is 6.34. The number of nitrogens with zero attached hydrogens (tertiary/aromatic N) is 2. The Labute approximate surface area is 254 Å². The quantitative estimate of drug-likeness (QED) is 0.191. The van der Waals surface area contributed by atoms with E-state index in [-0.39, 0.29) is 16.8 Å². The van der Waals surface area contributed by atoms with Gasteiger partial charge in [0.05, 0.1) is 22.1 Å². The minimum Gasteiger partial charge on any atom is -0.478 e. The van der Waals surface area contributed by atoms with Gasteiger partial charge < -0.3 is 20.3 Å². The number of nitrogens with one attached hydrogen (secondary N) is 2. The van der Waals surface area contributed by atoms with Crippen molar-refractivity contribution >= 4 is 52.1 Å². The lowest BCUT2D eigenvalue weighted by molar-refractivity contribution is -0.131. The van der Waals surface area contributed by atoms with Crippen molar-refractivity contribution in [2.45, 2.75) is 56.4 Å². The summed E-state index contributed by atoms with van der Waals surface area (Å²) in [4.78, 5) is 42.6. The van der Waals surface area contributed by atoms with Gasteiger partial charge in [0.25, 0.3) is 5.91 Å². The Hall–Kier alpha value is -4.43. The molecule has 2 aliphatic rings. The third-order valence-electron chi connectivity index (χ3n) is 8.83. The standard InChI is InChI=1S/C34H33ClN4O4/c1-39-28-20-23(12-13-24(28)30(22-7-2-3-8-22)31(39)27-9-4-5-18-36-27)32(42)38-34(16-6-17-34)33(43)37-26-14-10-21(19-25(26)35)11-15-29(40)41/h4-5,9-15,18-20,22H,2-3,6-8,16-17H2,1H3,(H,37,43)(H,38,42)(H,40,41)/b15-11+. The molecule has 2 heterocycles. The zero-order valence-corrected chi connectivity index (χ0v) is 24.7. The van der Waals surface area contributed by atoms with Crippen LogP contribution in [-0.4, -0.2) is 38.0 Å². The number of aliphatic carboxylic acids is 1. The van der Waals surface area contributed by atoms with Gasteiger partial charge in [-0.25, -0.2) is 4.79 Å². The van der Waals surface area contributed by atoms with Gasteiger partial charge in [0.1, 0.15) is 5.54 Å². The lowest BCUT2D eigenvalue weighted by atomic mass is 9.75. The Morgan fingerprint density at radius 2 is 1.84 bits per heavy atom. The fourth-order valence-corrected chi connectivity index (χ4v) is 6.66. The smallest absolute Gasteiger partial charge is 0.328 e. The summed E-state index contributed by atoms with van der Waals surface area (Å²) in [5.41, 5.74) is 4.72. The van der Waals surface area contributed by atoms with Gasteiger partial charge in [-0.1, -0.05) is 42.6 Å². The number of fused-ring (bicyclic) bond motifs is 1. The average Bonchev–Trinajstić information content (AvgIpc) is 3.61. The number of benzene rings is 2. The molecule has 3 N–H and O–H groups in total. The third-order valence-corrected chi connectivity index (χ3v) is 9.14. The van der Waals surface area contributed by atoms with Crippen LogP contribution in [0.1, 0.15) is 72.3 Å². The van der Waals surface area contributed by atoms with Gasteiger partial charge in [-0.05, 0) is 91.6 Å². The summed E-state index contributed by atoms with van der Waals surface area (Å²) in [6.45, 7) is 0. The van der Waals surface area contributed by atoms with E-state index in [0.717, 1.165) is 47.6 Å². The van der Waals surface area contributed by atoms with E-state index in [0.29, 0.717) is 35.6 Å². The van der Waals surface area contributed by atoms with Gasteiger partial charge >= 0.3 is 5.97 Å².